The maximum absolute atomic E-state index is 15.9. The minimum atomic E-state index is -4.04. The minimum absolute atomic E-state index is 0.0859. The summed E-state index contributed by atoms with van der Waals surface area (Å²) < 4.78 is 64.1. The molecule has 0 bridgehead atoms. The molecule has 0 saturated carbocycles. The molecule has 3 N–H and O–H groups in total. The highest BCUT2D eigenvalue weighted by Gasteiger charge is 2.26. The molecule has 228 valence electrons. The molecule has 2 aromatic carbocycles. The zero-order valence-corrected chi connectivity index (χ0v) is 25.4. The van der Waals surface area contributed by atoms with Gasteiger partial charge in [0.1, 0.15) is 11.4 Å². The van der Waals surface area contributed by atoms with E-state index in [0.717, 1.165) is 19.5 Å². The highest BCUT2D eigenvalue weighted by Crippen LogP contribution is 2.42. The highest BCUT2D eigenvalue weighted by atomic mass is 32.2. The van der Waals surface area contributed by atoms with Crippen LogP contribution in [0.3, 0.4) is 0 Å². The monoisotopic (exact) mass is 610 g/mol. The standard InChI is InChI=1S/C31H36F2N6O3S/c1-19-16-21(18-34-17-19)37-30-36-14-11-25(38-30)24-10-7-13-35-29(24)42-28-20(2)26(32)27(22-8-5-6-9-23(22)28)39-43(40,41)15-12-31(3,4)33/h5-11,13-14,19,21,34,39H,12,15-18H2,1-4H3,(H,36,37,38)/t19-,21+/m1/s1. The molecule has 0 aliphatic carbocycles. The van der Waals surface area contributed by atoms with Gasteiger partial charge >= 0.3 is 0 Å². The van der Waals surface area contributed by atoms with Gasteiger partial charge in [-0.2, -0.15) is 0 Å². The maximum atomic E-state index is 15.9. The van der Waals surface area contributed by atoms with Crippen LogP contribution in [0.2, 0.25) is 0 Å². The van der Waals surface area contributed by atoms with E-state index in [1.807, 2.05) is 0 Å². The van der Waals surface area contributed by atoms with Gasteiger partial charge in [-0.15, -0.1) is 0 Å². The van der Waals surface area contributed by atoms with Crippen molar-refractivity contribution < 1.29 is 21.9 Å². The first kappa shape index (κ1) is 30.6. The van der Waals surface area contributed by atoms with E-state index in [1.54, 1.807) is 54.9 Å². The molecule has 12 heteroatoms. The topological polar surface area (TPSA) is 118 Å². The number of aromatic nitrogens is 3. The van der Waals surface area contributed by atoms with Crippen molar-refractivity contribution in [3.8, 4) is 22.9 Å². The summed E-state index contributed by atoms with van der Waals surface area (Å²) in [5.41, 5.74) is -0.667. The van der Waals surface area contributed by atoms with Crippen molar-refractivity contribution in [3.05, 3.63) is 66.2 Å². The van der Waals surface area contributed by atoms with Gasteiger partial charge < -0.3 is 15.4 Å². The van der Waals surface area contributed by atoms with Crippen molar-refractivity contribution in [1.82, 2.24) is 20.3 Å². The number of nitrogens with one attached hydrogen (secondary N) is 3. The Kier molecular flexibility index (Phi) is 8.79. The number of hydrogen-bond donors (Lipinski definition) is 3. The van der Waals surface area contributed by atoms with Gasteiger partial charge in [0.25, 0.3) is 0 Å². The molecule has 0 radical (unpaired) electrons. The number of pyridine rings is 1. The molecule has 43 heavy (non-hydrogen) atoms. The Bertz CT molecular complexity index is 1730. The predicted octanol–water partition coefficient (Wildman–Crippen LogP) is 6.22. The average molecular weight is 611 g/mol. The summed E-state index contributed by atoms with van der Waals surface area (Å²) in [6, 6.07) is 12.2. The van der Waals surface area contributed by atoms with Gasteiger partial charge in [-0.1, -0.05) is 31.2 Å². The lowest BCUT2D eigenvalue weighted by molar-refractivity contribution is 0.211. The highest BCUT2D eigenvalue weighted by molar-refractivity contribution is 7.92. The molecule has 9 nitrogen and oxygen atoms in total. The predicted molar refractivity (Wildman–Crippen MR) is 165 cm³/mol. The van der Waals surface area contributed by atoms with Crippen LogP contribution in [0.15, 0.2) is 54.9 Å². The molecular formula is C31H36F2N6O3S. The van der Waals surface area contributed by atoms with E-state index in [2.05, 4.69) is 32.2 Å². The fraction of sp³-hybridized carbons (Fsp3) is 0.387. The van der Waals surface area contributed by atoms with Crippen molar-refractivity contribution in [2.45, 2.75) is 52.2 Å². The van der Waals surface area contributed by atoms with E-state index in [0.29, 0.717) is 33.9 Å². The molecule has 2 aromatic heterocycles. The van der Waals surface area contributed by atoms with E-state index < -0.39 is 27.3 Å². The van der Waals surface area contributed by atoms with Crippen molar-refractivity contribution in [3.63, 3.8) is 0 Å². The molecule has 2 atom stereocenters. The summed E-state index contributed by atoms with van der Waals surface area (Å²) in [4.78, 5) is 13.5. The Balaban J connectivity index is 1.48. The zero-order valence-electron chi connectivity index (χ0n) is 24.6. The van der Waals surface area contributed by atoms with Crippen LogP contribution < -0.4 is 20.1 Å². The zero-order chi connectivity index (χ0) is 30.8. The van der Waals surface area contributed by atoms with Crippen LogP contribution in [0.5, 0.6) is 11.6 Å². The summed E-state index contributed by atoms with van der Waals surface area (Å²) in [5, 5.41) is 7.58. The van der Waals surface area contributed by atoms with Crippen LogP contribution in [0.4, 0.5) is 20.4 Å². The van der Waals surface area contributed by atoms with Gasteiger partial charge in [-0.3, -0.25) is 4.72 Å². The van der Waals surface area contributed by atoms with Gasteiger partial charge in [0, 0.05) is 41.3 Å². The molecule has 0 unspecified atom stereocenters. The van der Waals surface area contributed by atoms with Crippen LogP contribution in [0.25, 0.3) is 22.0 Å². The van der Waals surface area contributed by atoms with Gasteiger partial charge in [-0.05, 0) is 64.3 Å². The summed E-state index contributed by atoms with van der Waals surface area (Å²) in [7, 11) is -4.04. The Morgan fingerprint density at radius 3 is 2.58 bits per heavy atom. The number of hydrogen-bond acceptors (Lipinski definition) is 8. The first-order chi connectivity index (χ1) is 20.4. The summed E-state index contributed by atoms with van der Waals surface area (Å²) in [6.45, 7) is 8.10. The van der Waals surface area contributed by atoms with Crippen LogP contribution >= 0.6 is 0 Å². The first-order valence-electron chi connectivity index (χ1n) is 14.2. The fourth-order valence-corrected chi connectivity index (χ4v) is 6.48. The average Bonchev–Trinajstić information content (AvgIpc) is 2.97. The molecular weight excluding hydrogens is 574 g/mol. The molecule has 1 fully saturated rings. The quantitative estimate of drug-likeness (QED) is 0.194. The normalized spacial score (nSPS) is 17.5. The lowest BCUT2D eigenvalue weighted by atomic mass is 9.98. The molecule has 1 aliphatic rings. The second kappa shape index (κ2) is 12.4. The number of halogens is 2. The molecule has 0 amide bonds. The van der Waals surface area contributed by atoms with Gasteiger partial charge in [0.15, 0.2) is 5.82 Å². The summed E-state index contributed by atoms with van der Waals surface area (Å²) in [6.07, 6.45) is 3.99. The first-order valence-corrected chi connectivity index (χ1v) is 15.9. The van der Waals surface area contributed by atoms with Crippen LogP contribution in [-0.4, -0.2) is 53.9 Å². The van der Waals surface area contributed by atoms with Crippen molar-refractivity contribution in [2.75, 3.05) is 28.9 Å². The fourth-order valence-electron chi connectivity index (χ4n) is 5.11. The van der Waals surface area contributed by atoms with E-state index >= 15 is 4.39 Å². The number of rotatable bonds is 10. The number of nitrogens with zero attached hydrogens (tertiary/aromatic N) is 3. The van der Waals surface area contributed by atoms with Crippen molar-refractivity contribution in [1.29, 1.82) is 0 Å². The number of anilines is 2. The number of benzene rings is 2. The van der Waals surface area contributed by atoms with E-state index in [-0.39, 0.29) is 35.3 Å². The minimum Gasteiger partial charge on any atom is -0.437 e. The smallest absolute Gasteiger partial charge is 0.232 e. The Morgan fingerprint density at radius 1 is 1.07 bits per heavy atom. The van der Waals surface area contributed by atoms with Crippen LogP contribution in [0.1, 0.15) is 39.2 Å². The third-order valence-corrected chi connectivity index (χ3v) is 8.61. The molecule has 1 saturated heterocycles. The molecule has 3 heterocycles. The second-order valence-electron chi connectivity index (χ2n) is 11.6. The number of fused-ring (bicyclic) bond motifs is 1. The second-order valence-corrected chi connectivity index (χ2v) is 13.5. The molecule has 4 aromatic rings. The number of ether oxygens (including phenoxy) is 1. The lowest BCUT2D eigenvalue weighted by Crippen LogP contribution is -2.42. The van der Waals surface area contributed by atoms with Gasteiger partial charge in [0.2, 0.25) is 21.9 Å². The summed E-state index contributed by atoms with van der Waals surface area (Å²) in [5.74, 6) is 0.120. The largest absolute Gasteiger partial charge is 0.437 e. The third kappa shape index (κ3) is 7.37. The van der Waals surface area contributed by atoms with Gasteiger partial charge in [-0.25, -0.2) is 32.2 Å². The lowest BCUT2D eigenvalue weighted by Gasteiger charge is -2.28. The van der Waals surface area contributed by atoms with Crippen molar-refractivity contribution in [2.24, 2.45) is 5.92 Å². The Labute approximate surface area is 250 Å². The van der Waals surface area contributed by atoms with Crippen LogP contribution in [0, 0.1) is 18.7 Å². The number of alkyl halides is 1. The van der Waals surface area contributed by atoms with Gasteiger partial charge in [0.05, 0.1) is 22.7 Å². The Morgan fingerprint density at radius 2 is 1.84 bits per heavy atom. The summed E-state index contributed by atoms with van der Waals surface area (Å²) >= 11 is 0. The third-order valence-electron chi connectivity index (χ3n) is 7.36. The Hall–Kier alpha value is -3.90. The van der Waals surface area contributed by atoms with E-state index in [9.17, 15) is 12.8 Å². The molecule has 1 aliphatic heterocycles. The SMILES string of the molecule is Cc1c(F)c(NS(=O)(=O)CCC(C)(C)F)c2ccccc2c1Oc1ncccc1-c1ccnc(N[C@@H]2CNC[C@H](C)C2)n1. The van der Waals surface area contributed by atoms with Crippen LogP contribution in [-0.2, 0) is 10.0 Å². The van der Waals surface area contributed by atoms with E-state index in [1.165, 1.54) is 20.8 Å². The van der Waals surface area contributed by atoms with E-state index in [4.69, 9.17) is 9.72 Å². The maximum Gasteiger partial charge on any atom is 0.232 e. The number of sulfonamides is 1. The molecule has 0 spiro atoms. The van der Waals surface area contributed by atoms with Crippen molar-refractivity contribution >= 4 is 32.4 Å². The number of piperidine rings is 1. The molecule has 5 rings (SSSR count).